The van der Waals surface area contributed by atoms with Crippen molar-refractivity contribution < 1.29 is 8.81 Å². The molecule has 1 aromatic carbocycles. The number of nitrogens with zero attached hydrogens (tertiary/aromatic N) is 5. The third-order valence-corrected chi connectivity index (χ3v) is 5.51. The molecule has 158 valence electrons. The summed E-state index contributed by atoms with van der Waals surface area (Å²) in [4.78, 5) is 20.7. The van der Waals surface area contributed by atoms with E-state index in [1.165, 1.54) is 12.1 Å². The van der Waals surface area contributed by atoms with Gasteiger partial charge in [0.05, 0.1) is 17.5 Å². The summed E-state index contributed by atoms with van der Waals surface area (Å²) >= 11 is 0. The van der Waals surface area contributed by atoms with Gasteiger partial charge in [-0.3, -0.25) is 4.98 Å². The van der Waals surface area contributed by atoms with E-state index < -0.39 is 0 Å². The van der Waals surface area contributed by atoms with Crippen LogP contribution < -0.4 is 5.32 Å². The van der Waals surface area contributed by atoms with Crippen LogP contribution in [0.5, 0.6) is 0 Å². The normalized spacial score (nSPS) is 17.2. The molecular weight excluding hydrogens is 395 g/mol. The predicted octanol–water partition coefficient (Wildman–Crippen LogP) is 4.68. The Morgan fingerprint density at radius 2 is 2.06 bits per heavy atom. The molecule has 8 heteroatoms. The van der Waals surface area contributed by atoms with Crippen molar-refractivity contribution in [2.45, 2.75) is 25.7 Å². The van der Waals surface area contributed by atoms with E-state index >= 15 is 0 Å². The minimum absolute atomic E-state index is 0.218. The second-order valence-electron chi connectivity index (χ2n) is 8.00. The molecule has 0 bridgehead atoms. The number of fused-ring (bicyclic) bond motifs is 1. The zero-order valence-corrected chi connectivity index (χ0v) is 17.5. The average molecular weight is 418 g/mol. The lowest BCUT2D eigenvalue weighted by atomic mass is 9.97. The van der Waals surface area contributed by atoms with Gasteiger partial charge in [-0.05, 0) is 44.6 Å². The van der Waals surface area contributed by atoms with Crippen LogP contribution in [0.25, 0.3) is 22.4 Å². The maximum absolute atomic E-state index is 13.7. The fraction of sp³-hybridized carbons (Fsp3) is 0.304. The lowest BCUT2D eigenvalue weighted by molar-refractivity contribution is 0.246. The number of hydrogen-bond acceptors (Lipinski definition) is 7. The van der Waals surface area contributed by atoms with Gasteiger partial charge < -0.3 is 14.6 Å². The SMILES string of the molecule is Cc1nc2cncc(-c3cc(Nc4cccc(F)c4)nc(C4CCCN(C)C4)n3)c2o1. The molecule has 31 heavy (non-hydrogen) atoms. The molecule has 3 aromatic heterocycles. The molecule has 1 unspecified atom stereocenters. The molecule has 1 N–H and O–H groups in total. The van der Waals surface area contributed by atoms with Crippen molar-refractivity contribution in [2.24, 2.45) is 0 Å². The number of likely N-dealkylation sites (N-methyl/N-ethyl adjacent to an activating group) is 1. The number of oxazole rings is 1. The Morgan fingerprint density at radius 3 is 2.90 bits per heavy atom. The largest absolute Gasteiger partial charge is 0.440 e. The summed E-state index contributed by atoms with van der Waals surface area (Å²) < 4.78 is 19.5. The van der Waals surface area contributed by atoms with Gasteiger partial charge in [0.1, 0.15) is 23.0 Å². The minimum Gasteiger partial charge on any atom is -0.440 e. The van der Waals surface area contributed by atoms with Gasteiger partial charge in [-0.25, -0.2) is 19.3 Å². The Morgan fingerprint density at radius 1 is 1.16 bits per heavy atom. The van der Waals surface area contributed by atoms with Crippen LogP contribution in [0.2, 0.25) is 0 Å². The fourth-order valence-electron chi connectivity index (χ4n) is 4.09. The van der Waals surface area contributed by atoms with Gasteiger partial charge >= 0.3 is 0 Å². The van der Waals surface area contributed by atoms with E-state index in [9.17, 15) is 4.39 Å². The first-order valence-corrected chi connectivity index (χ1v) is 10.4. The lowest BCUT2D eigenvalue weighted by Crippen LogP contribution is -2.31. The van der Waals surface area contributed by atoms with Crippen molar-refractivity contribution in [1.82, 2.24) is 24.8 Å². The van der Waals surface area contributed by atoms with Crippen LogP contribution in [0, 0.1) is 12.7 Å². The van der Waals surface area contributed by atoms with Gasteiger partial charge in [0.15, 0.2) is 11.5 Å². The van der Waals surface area contributed by atoms with Crippen LogP contribution >= 0.6 is 0 Å². The molecule has 0 amide bonds. The molecule has 4 aromatic rings. The third-order valence-electron chi connectivity index (χ3n) is 5.51. The average Bonchev–Trinajstić information content (AvgIpc) is 3.14. The molecule has 0 spiro atoms. The maximum Gasteiger partial charge on any atom is 0.192 e. The van der Waals surface area contributed by atoms with Gasteiger partial charge in [-0.15, -0.1) is 0 Å². The Balaban J connectivity index is 1.61. The molecule has 1 aliphatic heterocycles. The first-order valence-electron chi connectivity index (χ1n) is 10.4. The topological polar surface area (TPSA) is 80.0 Å². The number of piperidine rings is 1. The molecule has 4 heterocycles. The minimum atomic E-state index is -0.306. The summed E-state index contributed by atoms with van der Waals surface area (Å²) in [6.45, 7) is 3.78. The van der Waals surface area contributed by atoms with Crippen LogP contribution in [-0.4, -0.2) is 45.0 Å². The lowest BCUT2D eigenvalue weighted by Gasteiger charge is -2.29. The highest BCUT2D eigenvalue weighted by atomic mass is 19.1. The first kappa shape index (κ1) is 19.6. The van der Waals surface area contributed by atoms with E-state index in [0.717, 1.165) is 37.3 Å². The standard InChI is InChI=1S/C23H23FN6O/c1-14-26-20-12-25-11-18(22(20)31-14)19-10-21(27-17-7-3-6-16(24)9-17)29-23(28-19)15-5-4-8-30(2)13-15/h3,6-7,9-12,15H,4-5,8,13H2,1-2H3,(H,27,28,29). The molecule has 7 nitrogen and oxygen atoms in total. The maximum atomic E-state index is 13.7. The smallest absolute Gasteiger partial charge is 0.192 e. The van der Waals surface area contributed by atoms with E-state index in [-0.39, 0.29) is 11.7 Å². The van der Waals surface area contributed by atoms with E-state index in [4.69, 9.17) is 14.4 Å². The van der Waals surface area contributed by atoms with Gasteiger partial charge in [-0.1, -0.05) is 6.07 Å². The number of halogens is 1. The Labute approximate surface area is 179 Å². The number of rotatable bonds is 4. The van der Waals surface area contributed by atoms with Crippen LogP contribution in [0.15, 0.2) is 47.1 Å². The number of anilines is 2. The van der Waals surface area contributed by atoms with E-state index in [1.54, 1.807) is 24.5 Å². The quantitative estimate of drug-likeness (QED) is 0.515. The molecule has 1 fully saturated rings. The van der Waals surface area contributed by atoms with E-state index in [0.29, 0.717) is 34.2 Å². The van der Waals surface area contributed by atoms with Crippen LogP contribution in [0.4, 0.5) is 15.9 Å². The summed E-state index contributed by atoms with van der Waals surface area (Å²) in [7, 11) is 2.11. The fourth-order valence-corrected chi connectivity index (χ4v) is 4.09. The van der Waals surface area contributed by atoms with Gasteiger partial charge in [0.2, 0.25) is 0 Å². The van der Waals surface area contributed by atoms with Crippen molar-refractivity contribution >= 4 is 22.6 Å². The van der Waals surface area contributed by atoms with Crippen LogP contribution in [0.1, 0.15) is 30.5 Å². The summed E-state index contributed by atoms with van der Waals surface area (Å²) in [5, 5.41) is 3.23. The van der Waals surface area contributed by atoms with E-state index in [2.05, 4.69) is 27.2 Å². The number of likely N-dealkylation sites (tertiary alicyclic amines) is 1. The Hall–Kier alpha value is -3.39. The highest BCUT2D eigenvalue weighted by Crippen LogP contribution is 2.32. The predicted molar refractivity (Wildman–Crippen MR) is 117 cm³/mol. The zero-order chi connectivity index (χ0) is 21.4. The molecule has 5 rings (SSSR count). The number of benzene rings is 1. The summed E-state index contributed by atoms with van der Waals surface area (Å²) in [6, 6.07) is 8.17. The second kappa shape index (κ2) is 8.03. The number of pyridine rings is 1. The van der Waals surface area contributed by atoms with Crippen molar-refractivity contribution in [2.75, 3.05) is 25.5 Å². The molecule has 0 aliphatic carbocycles. The van der Waals surface area contributed by atoms with Gasteiger partial charge in [0, 0.05) is 37.3 Å². The van der Waals surface area contributed by atoms with Crippen LogP contribution in [0.3, 0.4) is 0 Å². The number of aromatic nitrogens is 4. The van der Waals surface area contributed by atoms with Gasteiger partial charge in [0.25, 0.3) is 0 Å². The highest BCUT2D eigenvalue weighted by molar-refractivity contribution is 5.88. The van der Waals surface area contributed by atoms with E-state index in [1.807, 2.05) is 13.0 Å². The summed E-state index contributed by atoms with van der Waals surface area (Å²) in [5.74, 6) is 1.85. The summed E-state index contributed by atoms with van der Waals surface area (Å²) in [5.41, 5.74) is 3.42. The molecule has 1 saturated heterocycles. The molecule has 1 aliphatic rings. The number of hydrogen-bond donors (Lipinski definition) is 1. The Bertz CT molecular complexity index is 1240. The van der Waals surface area contributed by atoms with Crippen molar-refractivity contribution in [1.29, 1.82) is 0 Å². The summed E-state index contributed by atoms with van der Waals surface area (Å²) in [6.07, 6.45) is 5.54. The monoisotopic (exact) mass is 418 g/mol. The number of nitrogens with one attached hydrogen (secondary N) is 1. The number of aryl methyl sites for hydroxylation is 1. The first-order chi connectivity index (χ1) is 15.0. The van der Waals surface area contributed by atoms with Crippen molar-refractivity contribution in [3.8, 4) is 11.3 Å². The second-order valence-corrected chi connectivity index (χ2v) is 8.00. The van der Waals surface area contributed by atoms with Crippen LogP contribution in [-0.2, 0) is 0 Å². The Kier molecular flexibility index (Phi) is 5.07. The highest BCUT2D eigenvalue weighted by Gasteiger charge is 2.23. The molecule has 0 radical (unpaired) electrons. The zero-order valence-electron chi connectivity index (χ0n) is 17.5. The molecule has 0 saturated carbocycles. The van der Waals surface area contributed by atoms with Crippen molar-refractivity contribution in [3.63, 3.8) is 0 Å². The molecular formula is C23H23FN6O. The molecule has 1 atom stereocenters. The van der Waals surface area contributed by atoms with Crippen molar-refractivity contribution in [3.05, 3.63) is 60.3 Å². The third kappa shape index (κ3) is 4.11. The van der Waals surface area contributed by atoms with Gasteiger partial charge in [-0.2, -0.15) is 0 Å².